The summed E-state index contributed by atoms with van der Waals surface area (Å²) < 4.78 is 73.8. The van der Waals surface area contributed by atoms with E-state index in [0.717, 1.165) is 6.39 Å². The molecule has 0 atom stereocenters. The van der Waals surface area contributed by atoms with Crippen molar-refractivity contribution in [3.8, 4) is 29.0 Å². The van der Waals surface area contributed by atoms with Crippen LogP contribution >= 0.6 is 11.6 Å². The second kappa shape index (κ2) is 9.26. The molecular weight excluding hydrogens is 502 g/mol. The van der Waals surface area contributed by atoms with Gasteiger partial charge in [0.1, 0.15) is 11.5 Å². The van der Waals surface area contributed by atoms with Crippen molar-refractivity contribution in [3.63, 3.8) is 0 Å². The lowest BCUT2D eigenvalue weighted by Crippen LogP contribution is -2.16. The standard InChI is InChI=1S/C18H15ClF2N6O6S/c1-30-16-14(32-6-11(20)21)17(31-2)25-18(24-16)27-34(28,29)10-5-22-13-8(10)3-4-9(19)12(13)15-26-23-7-33-15/h3-5,7,11,22H,6H2,1-2H3,(H,24,25,27). The number of rotatable bonds is 9. The average Bonchev–Trinajstić information content (AvgIpc) is 3.47. The molecule has 1 aromatic carbocycles. The quantitative estimate of drug-likeness (QED) is 0.339. The highest BCUT2D eigenvalue weighted by atomic mass is 35.5. The van der Waals surface area contributed by atoms with E-state index < -0.39 is 29.0 Å². The first-order valence-corrected chi connectivity index (χ1v) is 11.1. The van der Waals surface area contributed by atoms with Gasteiger partial charge in [0.25, 0.3) is 34.1 Å². The zero-order valence-corrected chi connectivity index (χ0v) is 18.9. The van der Waals surface area contributed by atoms with E-state index >= 15 is 0 Å². The van der Waals surface area contributed by atoms with Crippen molar-refractivity contribution in [2.75, 3.05) is 25.5 Å². The minimum absolute atomic E-state index is 0.0894. The average molecular weight is 517 g/mol. The Labute approximate surface area is 195 Å². The highest BCUT2D eigenvalue weighted by Gasteiger charge is 2.26. The molecule has 0 aliphatic carbocycles. The maximum atomic E-state index is 13.2. The molecule has 0 bridgehead atoms. The largest absolute Gasteiger partial charge is 0.478 e. The third kappa shape index (κ3) is 4.38. The zero-order valence-electron chi connectivity index (χ0n) is 17.4. The summed E-state index contributed by atoms with van der Waals surface area (Å²) in [6.45, 7) is -0.971. The number of nitrogens with one attached hydrogen (secondary N) is 2. The molecule has 2 N–H and O–H groups in total. The van der Waals surface area contributed by atoms with Crippen LogP contribution < -0.4 is 18.9 Å². The van der Waals surface area contributed by atoms with Gasteiger partial charge in [0.05, 0.1) is 30.3 Å². The van der Waals surface area contributed by atoms with Crippen molar-refractivity contribution in [1.82, 2.24) is 25.1 Å². The van der Waals surface area contributed by atoms with Gasteiger partial charge < -0.3 is 23.6 Å². The van der Waals surface area contributed by atoms with E-state index in [-0.39, 0.29) is 38.7 Å². The van der Waals surface area contributed by atoms with Crippen molar-refractivity contribution >= 4 is 38.5 Å². The Kier molecular flexibility index (Phi) is 6.39. The predicted molar refractivity (Wildman–Crippen MR) is 114 cm³/mol. The SMILES string of the molecule is COc1nc(NS(=O)(=O)c2c[nH]c3c(-c4nnco4)c(Cl)ccc23)nc(OC)c1OCC(F)F. The topological polar surface area (TPSA) is 154 Å². The molecule has 0 spiro atoms. The minimum Gasteiger partial charge on any atom is -0.478 e. The molecule has 0 saturated heterocycles. The molecular formula is C18H15ClF2N6O6S. The number of fused-ring (bicyclic) bond motifs is 1. The van der Waals surface area contributed by atoms with Crippen molar-refractivity contribution in [1.29, 1.82) is 0 Å². The van der Waals surface area contributed by atoms with Crippen LogP contribution in [0.1, 0.15) is 0 Å². The van der Waals surface area contributed by atoms with Crippen LogP contribution in [0.2, 0.25) is 5.02 Å². The molecule has 3 aromatic heterocycles. The van der Waals surface area contributed by atoms with E-state index in [1.807, 2.05) is 0 Å². The van der Waals surface area contributed by atoms with Crippen LogP contribution in [0.25, 0.3) is 22.4 Å². The first-order chi connectivity index (χ1) is 16.2. The van der Waals surface area contributed by atoms with Gasteiger partial charge >= 0.3 is 0 Å². The lowest BCUT2D eigenvalue weighted by Gasteiger charge is -2.14. The number of anilines is 1. The second-order valence-electron chi connectivity index (χ2n) is 6.44. The fourth-order valence-electron chi connectivity index (χ4n) is 3.04. The number of benzene rings is 1. The number of aromatic amines is 1. The number of alkyl halides is 2. The Bertz CT molecular complexity index is 1410. The molecule has 12 nitrogen and oxygen atoms in total. The Morgan fingerprint density at radius 3 is 2.50 bits per heavy atom. The molecule has 4 rings (SSSR count). The Morgan fingerprint density at radius 1 is 1.21 bits per heavy atom. The van der Waals surface area contributed by atoms with E-state index in [9.17, 15) is 17.2 Å². The Morgan fingerprint density at radius 2 is 1.91 bits per heavy atom. The molecule has 0 radical (unpaired) electrons. The Hall–Kier alpha value is -3.72. The number of hydrogen-bond donors (Lipinski definition) is 2. The number of aromatic nitrogens is 5. The lowest BCUT2D eigenvalue weighted by molar-refractivity contribution is 0.0781. The molecule has 0 aliphatic rings. The summed E-state index contributed by atoms with van der Waals surface area (Å²) in [6, 6.07) is 2.97. The maximum Gasteiger partial charge on any atom is 0.272 e. The van der Waals surface area contributed by atoms with Crippen LogP contribution in [-0.2, 0) is 10.0 Å². The van der Waals surface area contributed by atoms with Crippen molar-refractivity contribution < 1.29 is 35.8 Å². The van der Waals surface area contributed by atoms with Gasteiger partial charge in [0.2, 0.25) is 18.1 Å². The molecule has 0 amide bonds. The summed E-state index contributed by atoms with van der Waals surface area (Å²) in [5.74, 6) is -1.28. The highest BCUT2D eigenvalue weighted by Crippen LogP contribution is 2.38. The summed E-state index contributed by atoms with van der Waals surface area (Å²) in [5, 5.41) is 7.95. The molecule has 180 valence electrons. The van der Waals surface area contributed by atoms with Crippen molar-refractivity contribution in [2.24, 2.45) is 0 Å². The second-order valence-corrected chi connectivity index (χ2v) is 8.50. The summed E-state index contributed by atoms with van der Waals surface area (Å²) in [6.07, 6.45) is -0.433. The molecule has 0 unspecified atom stereocenters. The van der Waals surface area contributed by atoms with Crippen molar-refractivity contribution in [3.05, 3.63) is 29.7 Å². The van der Waals surface area contributed by atoms with Gasteiger partial charge in [-0.3, -0.25) is 0 Å². The third-order valence-corrected chi connectivity index (χ3v) is 6.08. The third-order valence-electron chi connectivity index (χ3n) is 4.40. The molecule has 0 saturated carbocycles. The number of H-pyrrole nitrogens is 1. The molecule has 0 aliphatic heterocycles. The van der Waals surface area contributed by atoms with Crippen LogP contribution in [0.15, 0.2) is 34.0 Å². The molecule has 34 heavy (non-hydrogen) atoms. The number of nitrogens with zero attached hydrogens (tertiary/aromatic N) is 4. The van der Waals surface area contributed by atoms with Crippen molar-refractivity contribution in [2.45, 2.75) is 11.3 Å². The highest BCUT2D eigenvalue weighted by molar-refractivity contribution is 7.93. The molecule has 16 heteroatoms. The summed E-state index contributed by atoms with van der Waals surface area (Å²) in [5.41, 5.74) is 0.655. The minimum atomic E-state index is -4.27. The normalized spacial score (nSPS) is 11.7. The molecule has 3 heterocycles. The summed E-state index contributed by atoms with van der Waals surface area (Å²) in [4.78, 5) is 10.5. The van der Waals surface area contributed by atoms with E-state index in [0.29, 0.717) is 11.1 Å². The van der Waals surface area contributed by atoms with E-state index in [1.165, 1.54) is 32.5 Å². The van der Waals surface area contributed by atoms with Crippen LogP contribution in [0.5, 0.6) is 17.5 Å². The van der Waals surface area contributed by atoms with E-state index in [4.69, 9.17) is 30.2 Å². The van der Waals surface area contributed by atoms with Gasteiger partial charge in [-0.15, -0.1) is 10.2 Å². The summed E-state index contributed by atoms with van der Waals surface area (Å²) >= 11 is 6.26. The Balaban J connectivity index is 1.73. The smallest absolute Gasteiger partial charge is 0.272 e. The van der Waals surface area contributed by atoms with Gasteiger partial charge in [-0.2, -0.15) is 9.97 Å². The number of hydrogen-bond acceptors (Lipinski definition) is 10. The fourth-order valence-corrected chi connectivity index (χ4v) is 4.39. The molecule has 0 fully saturated rings. The number of methoxy groups -OCH3 is 2. The molecule has 4 aromatic rings. The van der Waals surface area contributed by atoms with Gasteiger partial charge in [-0.05, 0) is 12.1 Å². The van der Waals surface area contributed by atoms with Gasteiger partial charge in [-0.1, -0.05) is 11.6 Å². The predicted octanol–water partition coefficient (Wildman–Crippen LogP) is 3.12. The van der Waals surface area contributed by atoms with Gasteiger partial charge in [0, 0.05) is 11.6 Å². The monoisotopic (exact) mass is 516 g/mol. The number of sulfonamides is 1. The number of ether oxygens (including phenoxy) is 3. The maximum absolute atomic E-state index is 13.2. The van der Waals surface area contributed by atoms with E-state index in [1.54, 1.807) is 0 Å². The van der Waals surface area contributed by atoms with Crippen LogP contribution in [0.4, 0.5) is 14.7 Å². The first-order valence-electron chi connectivity index (χ1n) is 9.25. The first kappa shape index (κ1) is 23.4. The van der Waals surface area contributed by atoms with Crippen LogP contribution in [-0.4, -0.2) is 60.8 Å². The van der Waals surface area contributed by atoms with Crippen LogP contribution in [0, 0.1) is 0 Å². The van der Waals surface area contributed by atoms with E-state index in [2.05, 4.69) is 29.9 Å². The number of halogens is 3. The zero-order chi connectivity index (χ0) is 24.5. The fraction of sp³-hybridized carbons (Fsp3) is 0.222. The lowest BCUT2D eigenvalue weighted by atomic mass is 10.1. The summed E-state index contributed by atoms with van der Waals surface area (Å²) in [7, 11) is -1.89. The van der Waals surface area contributed by atoms with Crippen LogP contribution in [0.3, 0.4) is 0 Å². The van der Waals surface area contributed by atoms with Gasteiger partial charge in [0.15, 0.2) is 0 Å². The van der Waals surface area contributed by atoms with Gasteiger partial charge in [-0.25, -0.2) is 21.9 Å².